The van der Waals surface area contributed by atoms with Gasteiger partial charge in [0, 0.05) is 19.4 Å². The number of hydrogen-bond donors (Lipinski definition) is 2. The lowest BCUT2D eigenvalue weighted by atomic mass is 10.3. The molecule has 2 N–H and O–H groups in total. The van der Waals surface area contributed by atoms with Gasteiger partial charge >= 0.3 is 0 Å². The Kier molecular flexibility index (Phi) is 4.29. The van der Waals surface area contributed by atoms with Crippen LogP contribution in [-0.4, -0.2) is 34.5 Å². The van der Waals surface area contributed by atoms with E-state index in [9.17, 15) is 4.39 Å². The van der Waals surface area contributed by atoms with Crippen molar-refractivity contribution in [2.75, 3.05) is 10.6 Å². The summed E-state index contributed by atoms with van der Waals surface area (Å²) in [7, 11) is 1.88. The highest BCUT2D eigenvalue weighted by molar-refractivity contribution is 5.88. The molecule has 4 heterocycles. The van der Waals surface area contributed by atoms with E-state index < -0.39 is 5.82 Å². The number of halogens is 1. The van der Waals surface area contributed by atoms with Crippen LogP contribution in [0.1, 0.15) is 18.8 Å². The van der Waals surface area contributed by atoms with E-state index in [-0.39, 0.29) is 6.04 Å². The third kappa shape index (κ3) is 3.64. The second-order valence-electron chi connectivity index (χ2n) is 5.95. The predicted octanol–water partition coefficient (Wildman–Crippen LogP) is 2.60. The molecule has 4 aromatic rings. The lowest BCUT2D eigenvalue weighted by Crippen LogP contribution is -2.13. The van der Waals surface area contributed by atoms with Crippen molar-refractivity contribution in [3.05, 3.63) is 54.9 Å². The zero-order chi connectivity index (χ0) is 18.8. The van der Waals surface area contributed by atoms with Crippen molar-refractivity contribution in [2.45, 2.75) is 13.0 Å². The molecule has 0 aliphatic carbocycles. The first-order chi connectivity index (χ1) is 13.1. The molecule has 0 aromatic carbocycles. The van der Waals surface area contributed by atoms with Crippen molar-refractivity contribution >= 4 is 28.6 Å². The molecular weight excluding hydrogens is 349 g/mol. The summed E-state index contributed by atoms with van der Waals surface area (Å²) in [5.41, 5.74) is 0.528. The summed E-state index contributed by atoms with van der Waals surface area (Å²) in [4.78, 5) is 25.5. The summed E-state index contributed by atoms with van der Waals surface area (Å²) in [5, 5.41) is 7.07. The number of aryl methyl sites for hydroxylation is 1. The molecule has 0 unspecified atom stereocenters. The number of fused-ring (bicyclic) bond motifs is 1. The molecular formula is C17H16FN9. The minimum Gasteiger partial charge on any atom is -0.344 e. The van der Waals surface area contributed by atoms with Gasteiger partial charge in [0.1, 0.15) is 17.5 Å². The van der Waals surface area contributed by atoms with Crippen molar-refractivity contribution in [3.8, 4) is 0 Å². The minimum atomic E-state index is -0.487. The first kappa shape index (κ1) is 16.8. The molecule has 4 aromatic heterocycles. The second-order valence-corrected chi connectivity index (χ2v) is 5.95. The number of nitrogens with one attached hydrogen (secondary N) is 2. The Morgan fingerprint density at radius 2 is 1.93 bits per heavy atom. The maximum atomic E-state index is 13.0. The quantitative estimate of drug-likeness (QED) is 0.556. The van der Waals surface area contributed by atoms with Gasteiger partial charge in [-0.25, -0.2) is 24.3 Å². The molecule has 0 spiro atoms. The summed E-state index contributed by atoms with van der Waals surface area (Å²) in [6.45, 7) is 1.84. The first-order valence-electron chi connectivity index (χ1n) is 8.20. The fourth-order valence-electron chi connectivity index (χ4n) is 2.52. The molecule has 0 fully saturated rings. The molecule has 10 heteroatoms. The van der Waals surface area contributed by atoms with Gasteiger partial charge in [-0.15, -0.1) is 0 Å². The Hall–Kier alpha value is -3.69. The average molecular weight is 365 g/mol. The molecule has 0 aliphatic heterocycles. The van der Waals surface area contributed by atoms with E-state index in [0.717, 1.165) is 17.8 Å². The number of rotatable bonds is 5. The summed E-state index contributed by atoms with van der Waals surface area (Å²) in [5.74, 6) is 1.52. The average Bonchev–Trinajstić information content (AvgIpc) is 3.07. The maximum Gasteiger partial charge on any atom is 0.227 e. The molecule has 0 saturated carbocycles. The smallest absolute Gasteiger partial charge is 0.227 e. The van der Waals surface area contributed by atoms with E-state index >= 15 is 0 Å². The van der Waals surface area contributed by atoms with Crippen LogP contribution in [0.4, 0.5) is 22.0 Å². The molecule has 9 nitrogen and oxygen atoms in total. The Morgan fingerprint density at radius 1 is 1.11 bits per heavy atom. The van der Waals surface area contributed by atoms with Crippen LogP contribution in [0.25, 0.3) is 11.0 Å². The van der Waals surface area contributed by atoms with Gasteiger partial charge in [0.05, 0.1) is 30.1 Å². The van der Waals surface area contributed by atoms with Gasteiger partial charge in [0.15, 0.2) is 11.5 Å². The van der Waals surface area contributed by atoms with Gasteiger partial charge in [0.25, 0.3) is 0 Å². The van der Waals surface area contributed by atoms with E-state index in [1.165, 1.54) is 0 Å². The van der Waals surface area contributed by atoms with Crippen molar-refractivity contribution in [2.24, 2.45) is 7.05 Å². The van der Waals surface area contributed by atoms with Crippen LogP contribution in [0.15, 0.2) is 43.2 Å². The van der Waals surface area contributed by atoms with Crippen LogP contribution in [0.5, 0.6) is 0 Å². The normalized spacial score (nSPS) is 12.1. The van der Waals surface area contributed by atoms with Crippen LogP contribution in [0.2, 0.25) is 0 Å². The molecule has 0 amide bonds. The third-order valence-electron chi connectivity index (χ3n) is 3.80. The van der Waals surface area contributed by atoms with Crippen LogP contribution >= 0.6 is 0 Å². The van der Waals surface area contributed by atoms with Crippen molar-refractivity contribution < 1.29 is 4.39 Å². The topological polar surface area (TPSA) is 106 Å². The van der Waals surface area contributed by atoms with Crippen molar-refractivity contribution in [1.82, 2.24) is 34.5 Å². The van der Waals surface area contributed by atoms with E-state index in [0.29, 0.717) is 29.1 Å². The van der Waals surface area contributed by atoms with Crippen LogP contribution < -0.4 is 10.6 Å². The Morgan fingerprint density at radius 3 is 2.67 bits per heavy atom. The van der Waals surface area contributed by atoms with E-state index in [1.54, 1.807) is 12.5 Å². The van der Waals surface area contributed by atoms with E-state index in [4.69, 9.17) is 0 Å². The number of anilines is 3. The van der Waals surface area contributed by atoms with E-state index in [2.05, 4.69) is 40.5 Å². The van der Waals surface area contributed by atoms with Crippen molar-refractivity contribution in [3.63, 3.8) is 0 Å². The minimum absolute atomic E-state index is 0.325. The molecule has 4 rings (SSSR count). The van der Waals surface area contributed by atoms with Gasteiger partial charge in [-0.3, -0.25) is 0 Å². The SMILES string of the molecule is C[C@@H](Nc1nc(Nc2cn(C)cn2)c2cccnc2n1)c1ncc(F)cn1. The van der Waals surface area contributed by atoms with Crippen LogP contribution in [-0.2, 0) is 7.05 Å². The van der Waals surface area contributed by atoms with Crippen molar-refractivity contribution in [1.29, 1.82) is 0 Å². The Balaban J connectivity index is 1.67. The van der Waals surface area contributed by atoms with Gasteiger partial charge < -0.3 is 15.2 Å². The van der Waals surface area contributed by atoms with Crippen LogP contribution in [0, 0.1) is 5.82 Å². The monoisotopic (exact) mass is 365 g/mol. The number of nitrogens with zero attached hydrogens (tertiary/aromatic N) is 7. The number of pyridine rings is 1. The summed E-state index contributed by atoms with van der Waals surface area (Å²) >= 11 is 0. The highest BCUT2D eigenvalue weighted by atomic mass is 19.1. The maximum absolute atomic E-state index is 13.0. The van der Waals surface area contributed by atoms with Gasteiger partial charge in [-0.1, -0.05) is 0 Å². The highest BCUT2D eigenvalue weighted by Crippen LogP contribution is 2.24. The first-order valence-corrected chi connectivity index (χ1v) is 8.20. The van der Waals surface area contributed by atoms with Crippen LogP contribution in [0.3, 0.4) is 0 Å². The number of imidazole rings is 1. The second kappa shape index (κ2) is 6.90. The molecule has 27 heavy (non-hydrogen) atoms. The van der Waals surface area contributed by atoms with Gasteiger partial charge in [-0.2, -0.15) is 9.97 Å². The standard InChI is InChI=1S/C17H16FN9/c1-10(14-20-6-11(18)7-21-14)23-17-25-15-12(4-3-5-19-15)16(26-17)24-13-8-27(2)9-22-13/h3-10H,1-2H3,(H2,19,23,24,25,26)/t10-/m1/s1. The lowest BCUT2D eigenvalue weighted by Gasteiger charge is -2.14. The number of aromatic nitrogens is 7. The zero-order valence-corrected chi connectivity index (χ0v) is 14.6. The predicted molar refractivity (Wildman–Crippen MR) is 97.9 cm³/mol. The molecule has 0 radical (unpaired) electrons. The summed E-state index contributed by atoms with van der Waals surface area (Å²) in [6, 6.07) is 3.37. The summed E-state index contributed by atoms with van der Waals surface area (Å²) in [6.07, 6.45) is 7.44. The summed E-state index contributed by atoms with van der Waals surface area (Å²) < 4.78 is 14.8. The number of hydrogen-bond acceptors (Lipinski definition) is 8. The highest BCUT2D eigenvalue weighted by Gasteiger charge is 2.14. The molecule has 1 atom stereocenters. The third-order valence-corrected chi connectivity index (χ3v) is 3.80. The Labute approximate surface area is 153 Å². The molecule has 136 valence electrons. The zero-order valence-electron chi connectivity index (χ0n) is 14.6. The lowest BCUT2D eigenvalue weighted by molar-refractivity contribution is 0.604. The molecule has 0 saturated heterocycles. The van der Waals surface area contributed by atoms with E-state index in [1.807, 2.05) is 36.9 Å². The molecule has 0 bridgehead atoms. The van der Waals surface area contributed by atoms with Gasteiger partial charge in [-0.05, 0) is 19.1 Å². The van der Waals surface area contributed by atoms with Gasteiger partial charge in [0.2, 0.25) is 5.95 Å². The fourth-order valence-corrected chi connectivity index (χ4v) is 2.52. The molecule has 0 aliphatic rings. The Bertz CT molecular complexity index is 1080. The largest absolute Gasteiger partial charge is 0.344 e. The fraction of sp³-hybridized carbons (Fsp3) is 0.176.